The molecule has 3 heterocycles. The van der Waals surface area contributed by atoms with Crippen molar-refractivity contribution in [1.82, 2.24) is 15.3 Å². The standard InChI is InChI=1S/C21H30N4/c1-17(2)14-20(19-8-4-5-10-22-19)24-16-18-9-11-23-21(15-18)25-12-6-3-7-13-25/h4-5,8-11,15,17,20,24H,3,6-7,12-14,16H2,1-2H3/t20-/m1/s1. The number of hydrogen-bond acceptors (Lipinski definition) is 4. The van der Waals surface area contributed by atoms with Crippen LogP contribution in [0, 0.1) is 5.92 Å². The fourth-order valence-electron chi connectivity index (χ4n) is 3.47. The van der Waals surface area contributed by atoms with Gasteiger partial charge in [0.25, 0.3) is 0 Å². The lowest BCUT2D eigenvalue weighted by Crippen LogP contribution is -2.30. The highest BCUT2D eigenvalue weighted by Gasteiger charge is 2.15. The van der Waals surface area contributed by atoms with Gasteiger partial charge < -0.3 is 10.2 Å². The second-order valence-electron chi connectivity index (χ2n) is 7.39. The Kier molecular flexibility index (Phi) is 6.40. The van der Waals surface area contributed by atoms with Crippen molar-refractivity contribution in [1.29, 1.82) is 0 Å². The van der Waals surface area contributed by atoms with Crippen LogP contribution in [0.15, 0.2) is 42.7 Å². The van der Waals surface area contributed by atoms with E-state index in [9.17, 15) is 0 Å². The number of nitrogens with one attached hydrogen (secondary N) is 1. The van der Waals surface area contributed by atoms with E-state index in [1.807, 2.05) is 18.5 Å². The number of aromatic nitrogens is 2. The average Bonchev–Trinajstić information content (AvgIpc) is 2.66. The van der Waals surface area contributed by atoms with Gasteiger partial charge in [0.1, 0.15) is 5.82 Å². The van der Waals surface area contributed by atoms with Crippen LogP contribution in [0.1, 0.15) is 56.8 Å². The lowest BCUT2D eigenvalue weighted by Gasteiger charge is -2.28. The van der Waals surface area contributed by atoms with Gasteiger partial charge in [-0.3, -0.25) is 4.98 Å². The second kappa shape index (κ2) is 8.95. The van der Waals surface area contributed by atoms with E-state index < -0.39 is 0 Å². The van der Waals surface area contributed by atoms with Crippen LogP contribution in [0.5, 0.6) is 0 Å². The Morgan fingerprint density at radius 3 is 2.60 bits per heavy atom. The van der Waals surface area contributed by atoms with Crippen molar-refractivity contribution in [2.45, 2.75) is 52.1 Å². The Labute approximate surface area is 151 Å². The summed E-state index contributed by atoms with van der Waals surface area (Å²) in [7, 11) is 0. The normalized spacial score (nSPS) is 16.2. The maximum Gasteiger partial charge on any atom is 0.128 e. The van der Waals surface area contributed by atoms with Crippen LogP contribution < -0.4 is 10.2 Å². The highest BCUT2D eigenvalue weighted by atomic mass is 15.2. The second-order valence-corrected chi connectivity index (χ2v) is 7.39. The first kappa shape index (κ1) is 17.9. The van der Waals surface area contributed by atoms with Crippen molar-refractivity contribution in [3.05, 3.63) is 54.0 Å². The molecule has 1 N–H and O–H groups in total. The Balaban J connectivity index is 1.66. The first-order valence-electron chi connectivity index (χ1n) is 9.56. The van der Waals surface area contributed by atoms with E-state index in [0.717, 1.165) is 37.6 Å². The molecule has 0 unspecified atom stereocenters. The van der Waals surface area contributed by atoms with Crippen molar-refractivity contribution in [3.8, 4) is 0 Å². The predicted octanol–water partition coefficient (Wildman–Crippen LogP) is 4.34. The van der Waals surface area contributed by atoms with Crippen LogP contribution in [0.2, 0.25) is 0 Å². The largest absolute Gasteiger partial charge is 0.357 e. The van der Waals surface area contributed by atoms with Crippen LogP contribution in [0.3, 0.4) is 0 Å². The first-order chi connectivity index (χ1) is 12.2. The molecule has 1 fully saturated rings. The summed E-state index contributed by atoms with van der Waals surface area (Å²) in [4.78, 5) is 11.5. The minimum Gasteiger partial charge on any atom is -0.357 e. The fourth-order valence-corrected chi connectivity index (χ4v) is 3.47. The molecule has 1 atom stereocenters. The van der Waals surface area contributed by atoms with E-state index in [2.05, 4.69) is 58.3 Å². The molecule has 1 aliphatic heterocycles. The van der Waals surface area contributed by atoms with Crippen molar-refractivity contribution in [2.75, 3.05) is 18.0 Å². The average molecular weight is 338 g/mol. The molecule has 0 aliphatic carbocycles. The van der Waals surface area contributed by atoms with E-state index >= 15 is 0 Å². The van der Waals surface area contributed by atoms with Gasteiger partial charge in [-0.1, -0.05) is 19.9 Å². The highest BCUT2D eigenvalue weighted by molar-refractivity contribution is 5.41. The van der Waals surface area contributed by atoms with E-state index in [0.29, 0.717) is 5.92 Å². The molecule has 134 valence electrons. The van der Waals surface area contributed by atoms with Gasteiger partial charge in [0.2, 0.25) is 0 Å². The smallest absolute Gasteiger partial charge is 0.128 e. The SMILES string of the molecule is CC(C)C[C@@H](NCc1ccnc(N2CCCCC2)c1)c1ccccn1. The fraction of sp³-hybridized carbons (Fsp3) is 0.524. The van der Waals surface area contributed by atoms with Gasteiger partial charge in [-0.15, -0.1) is 0 Å². The molecule has 0 saturated carbocycles. The molecule has 0 radical (unpaired) electrons. The summed E-state index contributed by atoms with van der Waals surface area (Å²) < 4.78 is 0. The van der Waals surface area contributed by atoms with Crippen molar-refractivity contribution in [2.24, 2.45) is 5.92 Å². The molecule has 0 amide bonds. The maximum atomic E-state index is 4.58. The molecular formula is C21H30N4. The zero-order valence-corrected chi connectivity index (χ0v) is 15.5. The zero-order chi connectivity index (χ0) is 17.5. The number of nitrogens with zero attached hydrogens (tertiary/aromatic N) is 3. The van der Waals surface area contributed by atoms with Gasteiger partial charge in [-0.2, -0.15) is 0 Å². The summed E-state index contributed by atoms with van der Waals surface area (Å²) in [5.41, 5.74) is 2.42. The van der Waals surface area contributed by atoms with E-state index in [4.69, 9.17) is 0 Å². The Morgan fingerprint density at radius 1 is 1.04 bits per heavy atom. The van der Waals surface area contributed by atoms with Crippen LogP contribution in [0.25, 0.3) is 0 Å². The summed E-state index contributed by atoms with van der Waals surface area (Å²) in [6.45, 7) is 7.63. The topological polar surface area (TPSA) is 41.1 Å². The molecule has 0 spiro atoms. The quantitative estimate of drug-likeness (QED) is 0.815. The molecule has 3 rings (SSSR count). The van der Waals surface area contributed by atoms with E-state index in [1.54, 1.807) is 0 Å². The predicted molar refractivity (Wildman–Crippen MR) is 104 cm³/mol. The highest BCUT2D eigenvalue weighted by Crippen LogP contribution is 2.21. The lowest BCUT2D eigenvalue weighted by molar-refractivity contribution is 0.421. The zero-order valence-electron chi connectivity index (χ0n) is 15.5. The third-order valence-electron chi connectivity index (χ3n) is 4.79. The minimum atomic E-state index is 0.285. The number of piperidine rings is 1. The molecule has 1 saturated heterocycles. The summed E-state index contributed by atoms with van der Waals surface area (Å²) in [5, 5.41) is 3.71. The third-order valence-corrected chi connectivity index (χ3v) is 4.79. The lowest BCUT2D eigenvalue weighted by atomic mass is 10.0. The number of pyridine rings is 2. The van der Waals surface area contributed by atoms with Crippen molar-refractivity contribution < 1.29 is 0 Å². The van der Waals surface area contributed by atoms with Gasteiger partial charge in [0.05, 0.1) is 5.69 Å². The molecule has 4 nitrogen and oxygen atoms in total. The molecule has 2 aromatic rings. The minimum absolute atomic E-state index is 0.285. The number of hydrogen-bond donors (Lipinski definition) is 1. The summed E-state index contributed by atoms with van der Waals surface area (Å²) in [6, 6.07) is 10.8. The third kappa shape index (κ3) is 5.27. The van der Waals surface area contributed by atoms with E-state index in [-0.39, 0.29) is 6.04 Å². The summed E-state index contributed by atoms with van der Waals surface area (Å²) in [6.07, 6.45) is 8.81. The molecule has 2 aromatic heterocycles. The van der Waals surface area contributed by atoms with E-state index in [1.165, 1.54) is 24.8 Å². The van der Waals surface area contributed by atoms with Crippen LogP contribution >= 0.6 is 0 Å². The molecule has 4 heteroatoms. The summed E-state index contributed by atoms with van der Waals surface area (Å²) in [5.74, 6) is 1.75. The van der Waals surface area contributed by atoms with Gasteiger partial charge in [0.15, 0.2) is 0 Å². The maximum absolute atomic E-state index is 4.58. The first-order valence-corrected chi connectivity index (χ1v) is 9.56. The molecule has 0 bridgehead atoms. The van der Waals surface area contributed by atoms with Crippen molar-refractivity contribution >= 4 is 5.82 Å². The van der Waals surface area contributed by atoms with Crippen LogP contribution in [-0.2, 0) is 6.54 Å². The van der Waals surface area contributed by atoms with Gasteiger partial charge in [0, 0.05) is 38.1 Å². The Morgan fingerprint density at radius 2 is 1.88 bits per heavy atom. The van der Waals surface area contributed by atoms with Gasteiger partial charge >= 0.3 is 0 Å². The summed E-state index contributed by atoms with van der Waals surface area (Å²) >= 11 is 0. The number of anilines is 1. The molecule has 1 aliphatic rings. The monoisotopic (exact) mass is 338 g/mol. The van der Waals surface area contributed by atoms with Gasteiger partial charge in [-0.05, 0) is 61.4 Å². The van der Waals surface area contributed by atoms with Crippen LogP contribution in [-0.4, -0.2) is 23.1 Å². The molecule has 25 heavy (non-hydrogen) atoms. The van der Waals surface area contributed by atoms with Crippen molar-refractivity contribution in [3.63, 3.8) is 0 Å². The Bertz CT molecular complexity index is 635. The number of rotatable bonds is 7. The van der Waals surface area contributed by atoms with Crippen LogP contribution in [0.4, 0.5) is 5.82 Å². The Hall–Kier alpha value is -1.94. The molecule has 0 aromatic carbocycles. The molecular weight excluding hydrogens is 308 g/mol. The van der Waals surface area contributed by atoms with Gasteiger partial charge in [-0.25, -0.2) is 4.98 Å².